The van der Waals surface area contributed by atoms with Crippen LogP contribution in [0.3, 0.4) is 0 Å². The number of piperidine rings is 2. The van der Waals surface area contributed by atoms with E-state index in [1.807, 2.05) is 16.7 Å². The first kappa shape index (κ1) is 15.9. The summed E-state index contributed by atoms with van der Waals surface area (Å²) in [7, 11) is 0. The first-order valence-corrected chi connectivity index (χ1v) is 8.31. The zero-order valence-corrected chi connectivity index (χ0v) is 14.1. The van der Waals surface area contributed by atoms with Crippen molar-refractivity contribution in [2.75, 3.05) is 13.1 Å². The number of amides is 2. The Hall–Kier alpha value is -1.98. The molecule has 6 nitrogen and oxygen atoms in total. The number of likely N-dealkylation sites (tertiary alicyclic amines) is 2. The number of hydrogen-bond acceptors (Lipinski definition) is 4. The van der Waals surface area contributed by atoms with Gasteiger partial charge in [-0.05, 0) is 39.5 Å². The Kier molecular flexibility index (Phi) is 4.08. The number of carbonyl (C=O) groups is 2. The van der Waals surface area contributed by atoms with Gasteiger partial charge in [0.25, 0.3) is 5.91 Å². The van der Waals surface area contributed by atoms with Crippen LogP contribution < -0.4 is 0 Å². The first-order chi connectivity index (χ1) is 10.9. The van der Waals surface area contributed by atoms with Crippen molar-refractivity contribution in [2.24, 2.45) is 0 Å². The van der Waals surface area contributed by atoms with Gasteiger partial charge in [-0.15, -0.1) is 0 Å². The van der Waals surface area contributed by atoms with Crippen LogP contribution in [0, 0.1) is 6.92 Å². The summed E-state index contributed by atoms with van der Waals surface area (Å²) in [5.74, 6) is 0.0282. The van der Waals surface area contributed by atoms with Crippen molar-refractivity contribution in [1.82, 2.24) is 19.8 Å². The molecule has 0 spiro atoms. The van der Waals surface area contributed by atoms with Crippen LogP contribution in [0.1, 0.15) is 55.7 Å². The molecule has 0 aliphatic carbocycles. The molecule has 0 unspecified atom stereocenters. The molecule has 0 aromatic carbocycles. The Morgan fingerprint density at radius 1 is 1.22 bits per heavy atom. The average molecular weight is 316 g/mol. The van der Waals surface area contributed by atoms with Crippen LogP contribution in [0.25, 0.3) is 0 Å². The van der Waals surface area contributed by atoms with Crippen molar-refractivity contribution in [3.8, 4) is 0 Å². The van der Waals surface area contributed by atoms with Gasteiger partial charge in [-0.3, -0.25) is 14.6 Å². The standard InChI is InChI=1S/C17H24N4O2/c1-12-10-19-14(11-18-12)16(23)20-8-5-7-17(3)15(20)6-4-9-21(17)13(2)22/h10-11,15H,4-9H2,1-3H3/t15-,17+/m1/s1. The van der Waals surface area contributed by atoms with Crippen molar-refractivity contribution in [3.05, 3.63) is 23.8 Å². The van der Waals surface area contributed by atoms with Gasteiger partial charge in [-0.25, -0.2) is 4.98 Å². The Balaban J connectivity index is 1.89. The largest absolute Gasteiger partial charge is 0.335 e. The lowest BCUT2D eigenvalue weighted by Crippen LogP contribution is -2.68. The number of fused-ring (bicyclic) bond motifs is 1. The van der Waals surface area contributed by atoms with Gasteiger partial charge >= 0.3 is 0 Å². The fourth-order valence-corrected chi connectivity index (χ4v) is 4.16. The van der Waals surface area contributed by atoms with E-state index in [1.165, 1.54) is 0 Å². The quantitative estimate of drug-likeness (QED) is 0.792. The fourth-order valence-electron chi connectivity index (χ4n) is 4.16. The summed E-state index contributed by atoms with van der Waals surface area (Å²) in [6, 6.07) is 0.0597. The molecule has 3 rings (SSSR count). The Bertz CT molecular complexity index is 616. The molecule has 0 N–H and O–H groups in total. The van der Waals surface area contributed by atoms with Crippen LogP contribution in [0.5, 0.6) is 0 Å². The highest BCUT2D eigenvalue weighted by Crippen LogP contribution is 2.39. The molecule has 3 heterocycles. The van der Waals surface area contributed by atoms with Crippen LogP contribution in [0.4, 0.5) is 0 Å². The van der Waals surface area contributed by atoms with E-state index in [0.717, 1.165) is 44.5 Å². The van der Waals surface area contributed by atoms with Gasteiger partial charge in [-0.1, -0.05) is 0 Å². The van der Waals surface area contributed by atoms with Crippen LogP contribution >= 0.6 is 0 Å². The zero-order chi connectivity index (χ0) is 16.6. The van der Waals surface area contributed by atoms with Crippen molar-refractivity contribution in [3.63, 3.8) is 0 Å². The molecule has 2 saturated heterocycles. The van der Waals surface area contributed by atoms with Crippen molar-refractivity contribution in [2.45, 2.75) is 58.0 Å². The molecule has 0 radical (unpaired) electrons. The predicted molar refractivity (Wildman–Crippen MR) is 85.9 cm³/mol. The maximum Gasteiger partial charge on any atom is 0.274 e. The summed E-state index contributed by atoms with van der Waals surface area (Å²) >= 11 is 0. The highest BCUT2D eigenvalue weighted by Gasteiger charge is 2.49. The summed E-state index contributed by atoms with van der Waals surface area (Å²) in [6.45, 7) is 7.11. The molecule has 2 amide bonds. The molecular weight excluding hydrogens is 292 g/mol. The van der Waals surface area contributed by atoms with E-state index in [4.69, 9.17) is 0 Å². The maximum absolute atomic E-state index is 12.9. The number of aryl methyl sites for hydroxylation is 1. The zero-order valence-electron chi connectivity index (χ0n) is 14.1. The fraction of sp³-hybridized carbons (Fsp3) is 0.647. The van der Waals surface area contributed by atoms with E-state index in [9.17, 15) is 9.59 Å². The van der Waals surface area contributed by atoms with Gasteiger partial charge < -0.3 is 9.80 Å². The van der Waals surface area contributed by atoms with Crippen molar-refractivity contribution < 1.29 is 9.59 Å². The average Bonchev–Trinajstić information content (AvgIpc) is 2.53. The van der Waals surface area contributed by atoms with Gasteiger partial charge in [0.05, 0.1) is 23.5 Å². The summed E-state index contributed by atoms with van der Waals surface area (Å²) < 4.78 is 0. The lowest BCUT2D eigenvalue weighted by molar-refractivity contribution is -0.143. The smallest absolute Gasteiger partial charge is 0.274 e. The van der Waals surface area contributed by atoms with Crippen LogP contribution in [-0.2, 0) is 4.79 Å². The van der Waals surface area contributed by atoms with E-state index < -0.39 is 0 Å². The highest BCUT2D eigenvalue weighted by molar-refractivity contribution is 5.92. The van der Waals surface area contributed by atoms with Crippen LogP contribution in [0.2, 0.25) is 0 Å². The number of nitrogens with zero attached hydrogens (tertiary/aromatic N) is 4. The first-order valence-electron chi connectivity index (χ1n) is 8.31. The summed E-state index contributed by atoms with van der Waals surface area (Å²) in [5, 5.41) is 0. The molecule has 23 heavy (non-hydrogen) atoms. The van der Waals surface area contributed by atoms with Crippen molar-refractivity contribution in [1.29, 1.82) is 0 Å². The Morgan fingerprint density at radius 2 is 2.00 bits per heavy atom. The number of carbonyl (C=O) groups excluding carboxylic acids is 2. The van der Waals surface area contributed by atoms with Gasteiger partial charge in [-0.2, -0.15) is 0 Å². The molecule has 2 atom stereocenters. The van der Waals surface area contributed by atoms with E-state index in [-0.39, 0.29) is 23.4 Å². The van der Waals surface area contributed by atoms with Gasteiger partial charge in [0, 0.05) is 26.2 Å². The molecule has 124 valence electrons. The molecule has 0 bridgehead atoms. The SMILES string of the molecule is CC(=O)N1CCC[C@H]2N(C(=O)c3cnc(C)cn3)CCC[C@@]21C. The van der Waals surface area contributed by atoms with E-state index >= 15 is 0 Å². The number of hydrogen-bond donors (Lipinski definition) is 0. The van der Waals surface area contributed by atoms with E-state index in [0.29, 0.717) is 5.69 Å². The van der Waals surface area contributed by atoms with Crippen molar-refractivity contribution >= 4 is 11.8 Å². The molecule has 2 aliphatic heterocycles. The summed E-state index contributed by atoms with van der Waals surface area (Å²) in [6.07, 6.45) is 6.89. The molecule has 6 heteroatoms. The third kappa shape index (κ3) is 2.71. The second-order valence-corrected chi connectivity index (χ2v) is 6.83. The normalized spacial score (nSPS) is 27.5. The topological polar surface area (TPSA) is 66.4 Å². The molecule has 1 aromatic heterocycles. The maximum atomic E-state index is 12.9. The number of aromatic nitrogens is 2. The van der Waals surface area contributed by atoms with E-state index in [2.05, 4.69) is 16.9 Å². The second kappa shape index (κ2) is 5.91. The lowest BCUT2D eigenvalue weighted by Gasteiger charge is -2.56. The second-order valence-electron chi connectivity index (χ2n) is 6.83. The third-order valence-corrected chi connectivity index (χ3v) is 5.29. The van der Waals surface area contributed by atoms with Gasteiger partial charge in [0.1, 0.15) is 5.69 Å². The molecule has 0 saturated carbocycles. The minimum atomic E-state index is -0.268. The van der Waals surface area contributed by atoms with Gasteiger partial charge in [0.2, 0.25) is 5.91 Å². The molecular formula is C17H24N4O2. The van der Waals surface area contributed by atoms with Gasteiger partial charge in [0.15, 0.2) is 0 Å². The molecule has 1 aromatic rings. The van der Waals surface area contributed by atoms with E-state index in [1.54, 1.807) is 19.3 Å². The summed E-state index contributed by atoms with van der Waals surface area (Å²) in [5.41, 5.74) is 0.918. The highest BCUT2D eigenvalue weighted by atomic mass is 16.2. The molecule has 2 fully saturated rings. The number of rotatable bonds is 1. The molecule has 2 aliphatic rings. The Morgan fingerprint density at radius 3 is 2.65 bits per heavy atom. The minimum absolute atomic E-state index is 0.0597. The lowest BCUT2D eigenvalue weighted by atomic mass is 9.76. The summed E-state index contributed by atoms with van der Waals surface area (Å²) in [4.78, 5) is 37.2. The minimum Gasteiger partial charge on any atom is -0.335 e. The van der Waals surface area contributed by atoms with Crippen LogP contribution in [0.15, 0.2) is 12.4 Å². The third-order valence-electron chi connectivity index (χ3n) is 5.29. The monoisotopic (exact) mass is 316 g/mol. The predicted octanol–water partition coefficient (Wildman–Crippen LogP) is 1.79. The van der Waals surface area contributed by atoms with Crippen LogP contribution in [-0.4, -0.2) is 56.3 Å². The Labute approximate surface area is 136 Å².